The van der Waals surface area contributed by atoms with E-state index >= 15 is 0 Å². The van der Waals surface area contributed by atoms with E-state index in [0.29, 0.717) is 11.1 Å². The molecule has 0 nitrogen and oxygen atoms in total. The predicted octanol–water partition coefficient (Wildman–Crippen LogP) is 10.3. The summed E-state index contributed by atoms with van der Waals surface area (Å²) in [5.74, 6) is 0. The molecule has 6 aromatic carbocycles. The maximum atomic E-state index is 6.66. The SMILES string of the molecule is CC(C)(C)c1cc2c(cc1-c1ccccc1)Cc1c-2cc(C(C)(C)C)c(-c2ccccc2)[c]1[Zr+2](=[C](c1cccc(C(Cl)(Cl)Cl)c1)c1cccc(C(Cl)(Cl)Cl)c1)[CH]1C=CC=C1.[Cl-].[Cl-]. The molecule has 9 heteroatoms. The molecule has 0 amide bonds. The maximum absolute atomic E-state index is 6.66. The van der Waals surface area contributed by atoms with E-state index in [2.05, 4.69) is 169 Å². The van der Waals surface area contributed by atoms with Crippen molar-refractivity contribution in [1.29, 1.82) is 0 Å². The molecule has 0 radical (unpaired) electrons. The summed E-state index contributed by atoms with van der Waals surface area (Å²) in [6.07, 6.45) is 10.00. The van der Waals surface area contributed by atoms with E-state index in [-0.39, 0.29) is 39.3 Å². The second-order valence-electron chi connectivity index (χ2n) is 17.9. The summed E-state index contributed by atoms with van der Waals surface area (Å²) < 4.78 is -0.375. The van der Waals surface area contributed by atoms with Gasteiger partial charge in [0.1, 0.15) is 0 Å². The largest absolute Gasteiger partial charge is 1.00 e. The second-order valence-corrected chi connectivity index (χ2v) is 28.6. The fourth-order valence-corrected chi connectivity index (χ4v) is 18.4. The van der Waals surface area contributed by atoms with Crippen molar-refractivity contribution in [2.45, 2.75) is 70.0 Å². The minimum Gasteiger partial charge on any atom is -1.00 e. The third-order valence-electron chi connectivity index (χ3n) is 11.7. The zero-order valence-electron chi connectivity index (χ0n) is 35.2. The first-order chi connectivity index (χ1) is 28.3. The van der Waals surface area contributed by atoms with Gasteiger partial charge in [0, 0.05) is 0 Å². The first-order valence-electron chi connectivity index (χ1n) is 20.2. The Morgan fingerprint density at radius 1 is 0.516 bits per heavy atom. The van der Waals surface area contributed by atoms with E-state index in [1.165, 1.54) is 62.1 Å². The Kier molecular flexibility index (Phi) is 15.1. The van der Waals surface area contributed by atoms with Crippen LogP contribution >= 0.6 is 69.6 Å². The zero-order chi connectivity index (χ0) is 42.8. The van der Waals surface area contributed by atoms with Crippen molar-refractivity contribution >= 4 is 76.1 Å². The van der Waals surface area contributed by atoms with Crippen LogP contribution in [0.15, 0.2) is 152 Å². The Hall–Kier alpha value is -2.13. The van der Waals surface area contributed by atoms with Gasteiger partial charge in [0.2, 0.25) is 0 Å². The number of hydrogen-bond donors (Lipinski definition) is 0. The van der Waals surface area contributed by atoms with Gasteiger partial charge in [-0.1, -0.05) is 0 Å². The monoisotopic (exact) mass is 1050 g/mol. The molecule has 8 rings (SSSR count). The molecule has 0 aliphatic heterocycles. The molecule has 2 aliphatic carbocycles. The van der Waals surface area contributed by atoms with E-state index in [0.717, 1.165) is 17.5 Å². The van der Waals surface area contributed by atoms with Gasteiger partial charge in [-0.25, -0.2) is 0 Å². The van der Waals surface area contributed by atoms with Crippen LogP contribution in [0.3, 0.4) is 0 Å². The van der Waals surface area contributed by atoms with Crippen LogP contribution in [0.4, 0.5) is 0 Å². The molecular formula is C53H46Cl8Zr. The smallest absolute Gasteiger partial charge is 1.00 e. The number of rotatable bonds is 6. The van der Waals surface area contributed by atoms with Crippen LogP contribution < -0.4 is 28.1 Å². The van der Waals surface area contributed by atoms with Gasteiger partial charge in [-0.2, -0.15) is 0 Å². The summed E-state index contributed by atoms with van der Waals surface area (Å²) in [6, 6.07) is 45.5. The third kappa shape index (κ3) is 9.99. The molecule has 318 valence electrons. The molecule has 0 spiro atoms. The van der Waals surface area contributed by atoms with E-state index in [1.54, 1.807) is 0 Å². The molecular weight excluding hydrogens is 1010 g/mol. The van der Waals surface area contributed by atoms with Crippen LogP contribution in [0, 0.1) is 0 Å². The van der Waals surface area contributed by atoms with Crippen LogP contribution in [0.25, 0.3) is 33.4 Å². The Balaban J connectivity index is 0.00000321. The number of hydrogen-bond acceptors (Lipinski definition) is 0. The molecule has 62 heavy (non-hydrogen) atoms. The second kappa shape index (κ2) is 19.0. The van der Waals surface area contributed by atoms with Crippen molar-refractivity contribution < 1.29 is 46.1 Å². The minimum absolute atomic E-state index is 0. The van der Waals surface area contributed by atoms with Crippen molar-refractivity contribution in [2.24, 2.45) is 0 Å². The standard InChI is InChI=1S/C33H33.C15H8Cl6.C5H5.2ClH.Zr/c1-32(2,3)30-20-26-24(18-28(30)22-13-9-7-10-14-22)17-25-19-29(23-15-11-8-12-16-23)31(21-27(25)26)33(4,5)6;16-14(17,18)12-5-1-3-10(8-12)7-11-4-2-6-13(9-11)15(19,20)21;1-2-4-5-3-1;;;/h7-16,18,20-21H,17H2,1-6H3;1-6,8-9H;1-5H;2*1H;/q;;;;;+2/p-2. The van der Waals surface area contributed by atoms with Crippen LogP contribution in [0.5, 0.6) is 0 Å². The van der Waals surface area contributed by atoms with Crippen LogP contribution in [-0.2, 0) is 46.1 Å². The zero-order valence-corrected chi connectivity index (χ0v) is 43.7. The normalized spacial score (nSPS) is 13.5. The van der Waals surface area contributed by atoms with Crippen molar-refractivity contribution in [3.8, 4) is 33.4 Å². The number of alkyl halides is 6. The summed E-state index contributed by atoms with van der Waals surface area (Å²) >= 11 is 36.5. The Morgan fingerprint density at radius 2 is 1.00 bits per heavy atom. The van der Waals surface area contributed by atoms with Gasteiger partial charge in [-0.15, -0.1) is 0 Å². The number of allylic oxidation sites excluding steroid dienone is 4. The Morgan fingerprint density at radius 3 is 1.48 bits per heavy atom. The van der Waals surface area contributed by atoms with Gasteiger partial charge in [0.15, 0.2) is 0 Å². The number of benzene rings is 6. The molecule has 0 fully saturated rings. The van der Waals surface area contributed by atoms with E-state index in [4.69, 9.17) is 69.6 Å². The predicted molar refractivity (Wildman–Crippen MR) is 259 cm³/mol. The first kappa shape index (κ1) is 49.3. The topological polar surface area (TPSA) is 0 Å². The summed E-state index contributed by atoms with van der Waals surface area (Å²) in [7, 11) is 0. The summed E-state index contributed by atoms with van der Waals surface area (Å²) in [5, 5.41) is 0. The fraction of sp³-hybridized carbons (Fsp3) is 0.226. The van der Waals surface area contributed by atoms with Gasteiger partial charge < -0.3 is 24.8 Å². The van der Waals surface area contributed by atoms with Gasteiger partial charge in [0.25, 0.3) is 0 Å². The molecule has 0 heterocycles. The first-order valence-corrected chi connectivity index (χ1v) is 26.4. The van der Waals surface area contributed by atoms with E-state index in [1.807, 2.05) is 24.3 Å². The molecule has 0 saturated carbocycles. The van der Waals surface area contributed by atoms with Gasteiger partial charge >= 0.3 is 397 Å². The van der Waals surface area contributed by atoms with Crippen molar-refractivity contribution in [3.05, 3.63) is 196 Å². The summed E-state index contributed by atoms with van der Waals surface area (Å²) in [5.41, 5.74) is 16.0. The van der Waals surface area contributed by atoms with Gasteiger partial charge in [-0.3, -0.25) is 0 Å². The molecule has 0 saturated heterocycles. The van der Waals surface area contributed by atoms with Crippen molar-refractivity contribution in [2.75, 3.05) is 0 Å². The quantitative estimate of drug-likeness (QED) is 0.146. The van der Waals surface area contributed by atoms with Crippen LogP contribution in [-0.4, -0.2) is 3.21 Å². The number of fused-ring (bicyclic) bond motifs is 3. The van der Waals surface area contributed by atoms with Crippen LogP contribution in [0.2, 0.25) is 3.63 Å². The maximum Gasteiger partial charge on any atom is -1.00 e. The summed E-state index contributed by atoms with van der Waals surface area (Å²) in [4.78, 5) is 0. The molecule has 0 N–H and O–H groups in total. The minimum atomic E-state index is -3.42. The van der Waals surface area contributed by atoms with Crippen LogP contribution in [0.1, 0.15) is 86.1 Å². The van der Waals surface area contributed by atoms with E-state index < -0.39 is 28.9 Å². The molecule has 0 atom stereocenters. The number of halogens is 8. The Bertz CT molecular complexity index is 2640. The molecule has 2 aliphatic rings. The fourth-order valence-electron chi connectivity index (χ4n) is 8.91. The van der Waals surface area contributed by atoms with Gasteiger partial charge in [-0.05, 0) is 0 Å². The molecule has 6 aromatic rings. The molecule has 0 bridgehead atoms. The van der Waals surface area contributed by atoms with Crippen molar-refractivity contribution in [1.82, 2.24) is 0 Å². The molecule has 0 unspecified atom stereocenters. The van der Waals surface area contributed by atoms with Crippen molar-refractivity contribution in [3.63, 3.8) is 0 Å². The van der Waals surface area contributed by atoms with Gasteiger partial charge in [0.05, 0.1) is 0 Å². The third-order valence-corrected chi connectivity index (χ3v) is 21.0. The summed E-state index contributed by atoms with van der Waals surface area (Å²) in [6.45, 7) is 14.0. The average Bonchev–Trinajstić information content (AvgIpc) is 3.87. The van der Waals surface area contributed by atoms with E-state index in [9.17, 15) is 0 Å². The Labute approximate surface area is 417 Å². The molecule has 0 aromatic heterocycles. The average molecular weight is 1060 g/mol.